The van der Waals surface area contributed by atoms with E-state index in [4.69, 9.17) is 9.47 Å². The van der Waals surface area contributed by atoms with E-state index >= 15 is 0 Å². The van der Waals surface area contributed by atoms with Crippen LogP contribution in [0.3, 0.4) is 0 Å². The predicted octanol–water partition coefficient (Wildman–Crippen LogP) is 3.90. The van der Waals surface area contributed by atoms with Crippen molar-refractivity contribution in [1.29, 1.82) is 0 Å². The van der Waals surface area contributed by atoms with Gasteiger partial charge in [0.25, 0.3) is 0 Å². The van der Waals surface area contributed by atoms with Crippen molar-refractivity contribution < 1.29 is 27.4 Å². The molecular weight excluding hydrogens is 323 g/mol. The number of hydrogen-bond donors (Lipinski definition) is 1. The van der Waals surface area contributed by atoms with Crippen LogP contribution in [0.25, 0.3) is 0 Å². The molecule has 0 saturated carbocycles. The highest BCUT2D eigenvalue weighted by Crippen LogP contribution is 2.31. The first kappa shape index (κ1) is 17.7. The molecule has 0 saturated heterocycles. The number of benzene rings is 2. The highest BCUT2D eigenvalue weighted by molar-refractivity contribution is 5.92. The Morgan fingerprint density at radius 3 is 2.46 bits per heavy atom. The van der Waals surface area contributed by atoms with Gasteiger partial charge in [-0.05, 0) is 36.4 Å². The normalized spacial score (nSPS) is 11.0. The molecule has 0 spiro atoms. The molecule has 2 rings (SSSR count). The molecule has 7 heteroatoms. The van der Waals surface area contributed by atoms with E-state index in [1.807, 2.05) is 0 Å². The average Bonchev–Trinajstić information content (AvgIpc) is 2.54. The Morgan fingerprint density at radius 1 is 1.08 bits per heavy atom. The fraction of sp³-hybridized carbons (Fsp3) is 0.235. The highest BCUT2D eigenvalue weighted by Gasteiger charge is 2.30. The summed E-state index contributed by atoms with van der Waals surface area (Å²) in [6, 6.07) is 9.46. The summed E-state index contributed by atoms with van der Waals surface area (Å²) in [6.07, 6.45) is -4.52. The summed E-state index contributed by atoms with van der Waals surface area (Å²) in [5, 5.41) is 2.46. The molecule has 2 aromatic carbocycles. The second-order valence-electron chi connectivity index (χ2n) is 4.98. The van der Waals surface area contributed by atoms with Gasteiger partial charge in [0.15, 0.2) is 0 Å². The third-order valence-corrected chi connectivity index (χ3v) is 3.31. The van der Waals surface area contributed by atoms with Gasteiger partial charge >= 0.3 is 6.18 Å². The Labute approximate surface area is 137 Å². The van der Waals surface area contributed by atoms with E-state index in [0.717, 1.165) is 12.1 Å². The lowest BCUT2D eigenvalue weighted by atomic mass is 10.1. The van der Waals surface area contributed by atoms with Gasteiger partial charge in [0.1, 0.15) is 11.5 Å². The SMILES string of the molecule is COc1ccc(OC)c(CC(=O)Nc2cccc(C(F)(F)F)c2)c1. The predicted molar refractivity (Wildman–Crippen MR) is 83.3 cm³/mol. The minimum Gasteiger partial charge on any atom is -0.497 e. The van der Waals surface area contributed by atoms with Crippen molar-refractivity contribution in [3.8, 4) is 11.5 Å². The largest absolute Gasteiger partial charge is 0.497 e. The fourth-order valence-corrected chi connectivity index (χ4v) is 2.17. The first-order chi connectivity index (χ1) is 11.3. The zero-order valence-corrected chi connectivity index (χ0v) is 13.1. The molecule has 0 heterocycles. The quantitative estimate of drug-likeness (QED) is 0.899. The van der Waals surface area contributed by atoms with Crippen LogP contribution in [0.15, 0.2) is 42.5 Å². The molecule has 1 amide bonds. The summed E-state index contributed by atoms with van der Waals surface area (Å²) >= 11 is 0. The first-order valence-corrected chi connectivity index (χ1v) is 7.01. The van der Waals surface area contributed by atoms with Crippen LogP contribution in [0.2, 0.25) is 0 Å². The van der Waals surface area contributed by atoms with E-state index in [9.17, 15) is 18.0 Å². The molecule has 0 bridgehead atoms. The number of halogens is 3. The molecule has 0 aromatic heterocycles. The summed E-state index contributed by atoms with van der Waals surface area (Å²) in [5.41, 5.74) is -0.169. The molecule has 0 atom stereocenters. The Bertz CT molecular complexity index is 729. The van der Waals surface area contributed by atoms with E-state index in [1.165, 1.54) is 26.4 Å². The molecule has 0 radical (unpaired) electrons. The lowest BCUT2D eigenvalue weighted by molar-refractivity contribution is -0.137. The number of rotatable bonds is 5. The van der Waals surface area contributed by atoms with E-state index < -0.39 is 17.6 Å². The maximum atomic E-state index is 12.7. The zero-order valence-electron chi connectivity index (χ0n) is 13.1. The Hall–Kier alpha value is -2.70. The molecule has 24 heavy (non-hydrogen) atoms. The topological polar surface area (TPSA) is 47.6 Å². The van der Waals surface area contributed by atoms with E-state index in [2.05, 4.69) is 5.32 Å². The molecule has 0 unspecified atom stereocenters. The van der Waals surface area contributed by atoms with Crippen LogP contribution < -0.4 is 14.8 Å². The van der Waals surface area contributed by atoms with Crippen LogP contribution in [0.5, 0.6) is 11.5 Å². The molecule has 0 aliphatic carbocycles. The molecule has 1 N–H and O–H groups in total. The number of anilines is 1. The molecule has 0 aliphatic rings. The van der Waals surface area contributed by atoms with Crippen LogP contribution >= 0.6 is 0 Å². The van der Waals surface area contributed by atoms with Crippen molar-refractivity contribution in [1.82, 2.24) is 0 Å². The summed E-state index contributed by atoms with van der Waals surface area (Å²) in [7, 11) is 2.96. The second-order valence-corrected chi connectivity index (χ2v) is 4.98. The van der Waals surface area contributed by atoms with Gasteiger partial charge in [0.2, 0.25) is 5.91 Å². The number of carbonyl (C=O) groups excluding carboxylic acids is 1. The van der Waals surface area contributed by atoms with Crippen molar-refractivity contribution in [3.63, 3.8) is 0 Å². The number of hydrogen-bond acceptors (Lipinski definition) is 3. The number of ether oxygens (including phenoxy) is 2. The summed E-state index contributed by atoms with van der Waals surface area (Å²) in [6.45, 7) is 0. The first-order valence-electron chi connectivity index (χ1n) is 7.01. The lowest BCUT2D eigenvalue weighted by Crippen LogP contribution is -2.15. The van der Waals surface area contributed by atoms with E-state index in [-0.39, 0.29) is 12.1 Å². The standard InChI is InChI=1S/C17H16F3NO3/c1-23-14-6-7-15(24-2)11(8-14)9-16(22)21-13-5-3-4-12(10-13)17(18,19)20/h3-8,10H,9H2,1-2H3,(H,21,22). The van der Waals surface area contributed by atoms with Gasteiger partial charge in [-0.25, -0.2) is 0 Å². The van der Waals surface area contributed by atoms with Crippen molar-refractivity contribution in [3.05, 3.63) is 53.6 Å². The number of nitrogens with one attached hydrogen (secondary N) is 1. The van der Waals surface area contributed by atoms with Gasteiger partial charge in [-0.15, -0.1) is 0 Å². The van der Waals surface area contributed by atoms with Gasteiger partial charge in [-0.3, -0.25) is 4.79 Å². The van der Waals surface area contributed by atoms with Gasteiger partial charge in [0, 0.05) is 11.3 Å². The molecule has 2 aromatic rings. The summed E-state index contributed by atoms with van der Waals surface area (Å²) in [4.78, 5) is 12.1. The number of methoxy groups -OCH3 is 2. The average molecular weight is 339 g/mol. The van der Waals surface area contributed by atoms with Crippen molar-refractivity contribution >= 4 is 11.6 Å². The monoisotopic (exact) mass is 339 g/mol. The number of alkyl halides is 3. The van der Waals surface area contributed by atoms with Crippen LogP contribution in [0.4, 0.5) is 18.9 Å². The highest BCUT2D eigenvalue weighted by atomic mass is 19.4. The van der Waals surface area contributed by atoms with Gasteiger partial charge in [-0.1, -0.05) is 6.07 Å². The minimum atomic E-state index is -4.46. The zero-order chi connectivity index (χ0) is 17.7. The van der Waals surface area contributed by atoms with Gasteiger partial charge in [0.05, 0.1) is 26.2 Å². The van der Waals surface area contributed by atoms with Crippen molar-refractivity contribution in [2.24, 2.45) is 0 Å². The van der Waals surface area contributed by atoms with Gasteiger partial charge < -0.3 is 14.8 Å². The van der Waals surface area contributed by atoms with Crippen LogP contribution in [-0.2, 0) is 17.4 Å². The maximum absolute atomic E-state index is 12.7. The summed E-state index contributed by atoms with van der Waals surface area (Å²) in [5.74, 6) is 0.591. The Balaban J connectivity index is 2.14. The van der Waals surface area contributed by atoms with E-state index in [1.54, 1.807) is 18.2 Å². The molecule has 128 valence electrons. The second kappa shape index (κ2) is 7.25. The summed E-state index contributed by atoms with van der Waals surface area (Å²) < 4.78 is 48.3. The Kier molecular flexibility index (Phi) is 5.33. The smallest absolute Gasteiger partial charge is 0.416 e. The lowest BCUT2D eigenvalue weighted by Gasteiger charge is -2.12. The molecule has 4 nitrogen and oxygen atoms in total. The van der Waals surface area contributed by atoms with Crippen LogP contribution in [0, 0.1) is 0 Å². The number of amides is 1. The number of carbonyl (C=O) groups is 1. The van der Waals surface area contributed by atoms with Crippen LogP contribution in [-0.4, -0.2) is 20.1 Å². The van der Waals surface area contributed by atoms with Crippen molar-refractivity contribution in [2.45, 2.75) is 12.6 Å². The molecule has 0 aliphatic heterocycles. The molecule has 0 fully saturated rings. The van der Waals surface area contributed by atoms with Gasteiger partial charge in [-0.2, -0.15) is 13.2 Å². The Morgan fingerprint density at radius 2 is 1.83 bits per heavy atom. The van der Waals surface area contributed by atoms with Crippen LogP contribution in [0.1, 0.15) is 11.1 Å². The third-order valence-electron chi connectivity index (χ3n) is 3.31. The molecular formula is C17H16F3NO3. The van der Waals surface area contributed by atoms with E-state index in [0.29, 0.717) is 17.1 Å². The maximum Gasteiger partial charge on any atom is 0.416 e. The third kappa shape index (κ3) is 4.41. The minimum absolute atomic E-state index is 0.0589. The van der Waals surface area contributed by atoms with Crippen molar-refractivity contribution in [2.75, 3.05) is 19.5 Å². The fourth-order valence-electron chi connectivity index (χ4n) is 2.17.